The third kappa shape index (κ3) is 3.32. The van der Waals surface area contributed by atoms with Gasteiger partial charge in [-0.2, -0.15) is 4.98 Å². The molecule has 28 heavy (non-hydrogen) atoms. The highest BCUT2D eigenvalue weighted by molar-refractivity contribution is 5.53. The van der Waals surface area contributed by atoms with Crippen molar-refractivity contribution in [2.24, 2.45) is 0 Å². The number of nitrogens with zero attached hydrogens (tertiary/aromatic N) is 5. The summed E-state index contributed by atoms with van der Waals surface area (Å²) in [4.78, 5) is 15.8. The van der Waals surface area contributed by atoms with Crippen LogP contribution in [0.25, 0.3) is 23.0 Å². The first-order chi connectivity index (χ1) is 13.9. The van der Waals surface area contributed by atoms with Crippen LogP contribution in [0.1, 0.15) is 30.3 Å². The summed E-state index contributed by atoms with van der Waals surface area (Å²) in [5, 5.41) is 4.16. The van der Waals surface area contributed by atoms with E-state index in [1.165, 1.54) is 0 Å². The van der Waals surface area contributed by atoms with Crippen molar-refractivity contribution < 1.29 is 8.94 Å². The van der Waals surface area contributed by atoms with Crippen LogP contribution >= 0.6 is 0 Å². The van der Waals surface area contributed by atoms with Gasteiger partial charge in [0.1, 0.15) is 0 Å². The average Bonchev–Trinajstić information content (AvgIpc) is 3.51. The maximum atomic E-state index is 5.59. The highest BCUT2D eigenvalue weighted by atomic mass is 16.5. The zero-order valence-corrected chi connectivity index (χ0v) is 15.2. The molecule has 0 aliphatic carbocycles. The van der Waals surface area contributed by atoms with Crippen molar-refractivity contribution in [1.82, 2.24) is 25.0 Å². The molecule has 0 N–H and O–H groups in total. The van der Waals surface area contributed by atoms with Crippen molar-refractivity contribution in [2.75, 3.05) is 6.54 Å². The summed E-state index contributed by atoms with van der Waals surface area (Å²) < 4.78 is 10.9. The van der Waals surface area contributed by atoms with Gasteiger partial charge in [-0.1, -0.05) is 35.5 Å². The molecule has 5 rings (SSSR count). The lowest BCUT2D eigenvalue weighted by atomic mass is 10.2. The normalized spacial score (nSPS) is 17.2. The van der Waals surface area contributed by atoms with E-state index in [1.54, 1.807) is 6.26 Å². The van der Waals surface area contributed by atoms with Gasteiger partial charge in [0, 0.05) is 30.1 Å². The van der Waals surface area contributed by atoms with Crippen LogP contribution < -0.4 is 0 Å². The van der Waals surface area contributed by atoms with Crippen LogP contribution in [0.3, 0.4) is 0 Å². The molecule has 0 spiro atoms. The Morgan fingerprint density at radius 3 is 2.64 bits per heavy atom. The van der Waals surface area contributed by atoms with Gasteiger partial charge in [-0.25, -0.2) is 9.97 Å². The third-order valence-electron chi connectivity index (χ3n) is 4.95. The largest absolute Gasteiger partial charge is 0.461 e. The molecule has 1 aliphatic heterocycles. The first kappa shape index (κ1) is 16.8. The minimum Gasteiger partial charge on any atom is -0.461 e. The molecular weight excluding hydrogens is 354 g/mol. The summed E-state index contributed by atoms with van der Waals surface area (Å²) >= 11 is 0. The maximum Gasteiger partial charge on any atom is 0.244 e. The highest BCUT2D eigenvalue weighted by Gasteiger charge is 2.31. The summed E-state index contributed by atoms with van der Waals surface area (Å²) in [6, 6.07) is 13.7. The summed E-state index contributed by atoms with van der Waals surface area (Å²) in [6.07, 6.45) is 7.42. The molecule has 7 heteroatoms. The van der Waals surface area contributed by atoms with Crippen LogP contribution in [0.15, 0.2) is 70.1 Å². The van der Waals surface area contributed by atoms with E-state index in [1.807, 2.05) is 54.9 Å². The molecule has 140 valence electrons. The predicted octanol–water partition coefficient (Wildman–Crippen LogP) is 4.12. The molecule has 0 radical (unpaired) electrons. The summed E-state index contributed by atoms with van der Waals surface area (Å²) in [5.41, 5.74) is 2.01. The number of hydrogen-bond acceptors (Lipinski definition) is 7. The zero-order valence-electron chi connectivity index (χ0n) is 15.2. The molecule has 4 heterocycles. The van der Waals surface area contributed by atoms with Gasteiger partial charge < -0.3 is 8.94 Å². The van der Waals surface area contributed by atoms with E-state index >= 15 is 0 Å². The van der Waals surface area contributed by atoms with E-state index < -0.39 is 0 Å². The number of aromatic nitrogens is 4. The Bertz CT molecular complexity index is 1030. The molecule has 0 amide bonds. The number of rotatable bonds is 5. The molecule has 3 aromatic heterocycles. The van der Waals surface area contributed by atoms with Gasteiger partial charge >= 0.3 is 0 Å². The van der Waals surface area contributed by atoms with Crippen LogP contribution in [0.4, 0.5) is 0 Å². The van der Waals surface area contributed by atoms with Crippen molar-refractivity contribution in [3.8, 4) is 23.0 Å². The summed E-state index contributed by atoms with van der Waals surface area (Å²) in [7, 11) is 0. The molecule has 4 aromatic rings. The quantitative estimate of drug-likeness (QED) is 0.520. The lowest BCUT2D eigenvalue weighted by molar-refractivity contribution is 0.201. The Balaban J connectivity index is 1.31. The Hall–Kier alpha value is -3.32. The number of furan rings is 1. The van der Waals surface area contributed by atoms with Crippen LogP contribution in [0.2, 0.25) is 0 Å². The molecule has 0 saturated carbocycles. The predicted molar refractivity (Wildman–Crippen MR) is 102 cm³/mol. The molecule has 1 atom stereocenters. The first-order valence-electron chi connectivity index (χ1n) is 9.35. The monoisotopic (exact) mass is 373 g/mol. The molecule has 1 aliphatic rings. The molecule has 1 fully saturated rings. The third-order valence-corrected chi connectivity index (χ3v) is 4.95. The van der Waals surface area contributed by atoms with E-state index in [-0.39, 0.29) is 6.04 Å². The number of benzene rings is 1. The van der Waals surface area contributed by atoms with Crippen molar-refractivity contribution in [3.05, 3.63) is 72.6 Å². The van der Waals surface area contributed by atoms with E-state index in [2.05, 4.69) is 25.0 Å². The van der Waals surface area contributed by atoms with Gasteiger partial charge in [0.05, 0.1) is 12.3 Å². The Kier molecular flexibility index (Phi) is 4.42. The smallest absolute Gasteiger partial charge is 0.244 e. The lowest BCUT2D eigenvalue weighted by Gasteiger charge is -2.21. The SMILES string of the molecule is c1ccc(-c2noc([C@H]3CCCN3Cc3cnc(-c4ccco4)nc3)n2)cc1. The lowest BCUT2D eigenvalue weighted by Crippen LogP contribution is -2.23. The fourth-order valence-electron chi connectivity index (χ4n) is 3.57. The fraction of sp³-hybridized carbons (Fsp3) is 0.238. The summed E-state index contributed by atoms with van der Waals surface area (Å²) in [5.74, 6) is 2.57. The fourth-order valence-corrected chi connectivity index (χ4v) is 3.57. The van der Waals surface area contributed by atoms with Crippen molar-refractivity contribution in [2.45, 2.75) is 25.4 Å². The minimum atomic E-state index is 0.120. The number of hydrogen-bond donors (Lipinski definition) is 0. The van der Waals surface area contributed by atoms with Crippen LogP contribution in [0.5, 0.6) is 0 Å². The zero-order chi connectivity index (χ0) is 18.8. The second-order valence-electron chi connectivity index (χ2n) is 6.84. The van der Waals surface area contributed by atoms with Crippen LogP contribution in [-0.2, 0) is 6.54 Å². The molecule has 1 saturated heterocycles. The van der Waals surface area contributed by atoms with E-state index in [0.29, 0.717) is 23.3 Å². The Labute approximate surface area is 162 Å². The maximum absolute atomic E-state index is 5.59. The van der Waals surface area contributed by atoms with Crippen molar-refractivity contribution >= 4 is 0 Å². The van der Waals surface area contributed by atoms with Gasteiger partial charge in [-0.05, 0) is 31.5 Å². The van der Waals surface area contributed by atoms with E-state index in [4.69, 9.17) is 8.94 Å². The second kappa shape index (κ2) is 7.36. The second-order valence-corrected chi connectivity index (χ2v) is 6.84. The van der Waals surface area contributed by atoms with Gasteiger partial charge in [-0.3, -0.25) is 4.90 Å². The van der Waals surface area contributed by atoms with Crippen molar-refractivity contribution in [3.63, 3.8) is 0 Å². The van der Waals surface area contributed by atoms with Gasteiger partial charge in [0.25, 0.3) is 0 Å². The molecule has 0 bridgehead atoms. The topological polar surface area (TPSA) is 81.1 Å². The Morgan fingerprint density at radius 1 is 1.00 bits per heavy atom. The highest BCUT2D eigenvalue weighted by Crippen LogP contribution is 2.33. The van der Waals surface area contributed by atoms with Crippen molar-refractivity contribution in [1.29, 1.82) is 0 Å². The standard InChI is InChI=1S/C21H19N5O2/c1-2-6-16(7-3-1)19-24-21(28-25-19)17-8-4-10-26(17)14-15-12-22-20(23-13-15)18-9-5-11-27-18/h1-3,5-7,9,11-13,17H,4,8,10,14H2/t17-/m1/s1. The summed E-state index contributed by atoms with van der Waals surface area (Å²) in [6.45, 7) is 1.72. The van der Waals surface area contributed by atoms with E-state index in [9.17, 15) is 0 Å². The molecular formula is C21H19N5O2. The molecule has 7 nitrogen and oxygen atoms in total. The number of likely N-dealkylation sites (tertiary alicyclic amines) is 1. The van der Waals surface area contributed by atoms with Crippen LogP contribution in [-0.4, -0.2) is 31.6 Å². The Morgan fingerprint density at radius 2 is 1.86 bits per heavy atom. The van der Waals surface area contributed by atoms with Gasteiger partial charge in [0.15, 0.2) is 11.6 Å². The molecule has 1 aromatic carbocycles. The first-order valence-corrected chi connectivity index (χ1v) is 9.35. The minimum absolute atomic E-state index is 0.120. The van der Waals surface area contributed by atoms with Gasteiger partial charge in [0.2, 0.25) is 11.7 Å². The van der Waals surface area contributed by atoms with Crippen LogP contribution in [0, 0.1) is 0 Å². The van der Waals surface area contributed by atoms with E-state index in [0.717, 1.165) is 37.1 Å². The molecule has 0 unspecified atom stereocenters. The van der Waals surface area contributed by atoms with Gasteiger partial charge in [-0.15, -0.1) is 0 Å². The average molecular weight is 373 g/mol.